The van der Waals surface area contributed by atoms with Crippen LogP contribution in [0.5, 0.6) is 0 Å². The van der Waals surface area contributed by atoms with E-state index in [-0.39, 0.29) is 0 Å². The van der Waals surface area contributed by atoms with Crippen LogP contribution in [0.2, 0.25) is 0 Å². The monoisotopic (exact) mass is 309 g/mol. The first-order valence-corrected chi connectivity index (χ1v) is 6.80. The van der Waals surface area contributed by atoms with Gasteiger partial charge in [-0.2, -0.15) is 0 Å². The van der Waals surface area contributed by atoms with Gasteiger partial charge in [-0.15, -0.1) is 10.2 Å². The van der Waals surface area contributed by atoms with E-state index in [1.165, 1.54) is 0 Å². The Bertz CT molecular complexity index is 525. The molecule has 0 aliphatic rings. The largest absolute Gasteiger partial charge is 0.419 e. The molecular weight excluding hydrogens is 294 g/mol. The van der Waals surface area contributed by atoms with Crippen molar-refractivity contribution in [2.45, 2.75) is 26.8 Å². The third kappa shape index (κ3) is 2.97. The van der Waals surface area contributed by atoms with Crippen molar-refractivity contribution in [3.63, 3.8) is 0 Å². The van der Waals surface area contributed by atoms with Crippen LogP contribution >= 0.6 is 15.9 Å². The highest BCUT2D eigenvalue weighted by atomic mass is 79.9. The van der Waals surface area contributed by atoms with Crippen molar-refractivity contribution in [2.75, 3.05) is 6.54 Å². The third-order valence-corrected chi connectivity index (χ3v) is 3.53. The zero-order valence-electron chi connectivity index (χ0n) is 10.5. The lowest BCUT2D eigenvalue weighted by Gasteiger charge is -2.02. The maximum atomic E-state index is 5.65. The van der Waals surface area contributed by atoms with Crippen LogP contribution in [0.15, 0.2) is 27.1 Å². The molecule has 0 amide bonds. The molecule has 0 aliphatic heterocycles. The Morgan fingerprint density at radius 1 is 1.33 bits per heavy atom. The number of hydrogen-bond donors (Lipinski definition) is 1. The van der Waals surface area contributed by atoms with Crippen LogP contribution in [-0.2, 0) is 6.54 Å². The SMILES string of the molecule is CCCNCc1nnc(-c2cccc(Br)c2C)o1. The second-order valence-electron chi connectivity index (χ2n) is 4.09. The van der Waals surface area contributed by atoms with Gasteiger partial charge in [-0.25, -0.2) is 0 Å². The van der Waals surface area contributed by atoms with Crippen LogP contribution in [-0.4, -0.2) is 16.7 Å². The predicted octanol–water partition coefficient (Wildman–Crippen LogP) is 3.31. The Morgan fingerprint density at radius 2 is 2.17 bits per heavy atom. The summed E-state index contributed by atoms with van der Waals surface area (Å²) >= 11 is 3.50. The maximum absolute atomic E-state index is 5.65. The smallest absolute Gasteiger partial charge is 0.248 e. The molecule has 1 heterocycles. The summed E-state index contributed by atoms with van der Waals surface area (Å²) in [6.07, 6.45) is 1.09. The Labute approximate surface area is 115 Å². The Kier molecular flexibility index (Phi) is 4.49. The average molecular weight is 310 g/mol. The van der Waals surface area contributed by atoms with E-state index in [1.807, 2.05) is 25.1 Å². The molecule has 2 rings (SSSR count). The van der Waals surface area contributed by atoms with Crippen molar-refractivity contribution in [3.8, 4) is 11.5 Å². The summed E-state index contributed by atoms with van der Waals surface area (Å²) in [5.74, 6) is 1.19. The molecule has 0 spiro atoms. The molecule has 0 saturated heterocycles. The van der Waals surface area contributed by atoms with Gasteiger partial charge in [0.1, 0.15) is 0 Å². The van der Waals surface area contributed by atoms with Gasteiger partial charge >= 0.3 is 0 Å². The molecule has 0 radical (unpaired) electrons. The number of halogens is 1. The molecule has 1 N–H and O–H groups in total. The summed E-state index contributed by atoms with van der Waals surface area (Å²) in [6.45, 7) is 5.72. The van der Waals surface area contributed by atoms with Gasteiger partial charge < -0.3 is 9.73 Å². The lowest BCUT2D eigenvalue weighted by atomic mass is 10.1. The van der Waals surface area contributed by atoms with Gasteiger partial charge in [0.05, 0.1) is 6.54 Å². The highest BCUT2D eigenvalue weighted by Gasteiger charge is 2.11. The first-order valence-electron chi connectivity index (χ1n) is 6.01. The van der Waals surface area contributed by atoms with Crippen LogP contribution in [0.25, 0.3) is 11.5 Å². The molecule has 0 saturated carbocycles. The van der Waals surface area contributed by atoms with E-state index in [9.17, 15) is 0 Å². The lowest BCUT2D eigenvalue weighted by Crippen LogP contribution is -2.13. The highest BCUT2D eigenvalue weighted by Crippen LogP contribution is 2.27. The standard InChI is InChI=1S/C13H16BrN3O/c1-3-7-15-8-12-16-17-13(18-12)10-5-4-6-11(14)9(10)2/h4-6,15H,3,7-8H2,1-2H3. The van der Waals surface area contributed by atoms with Gasteiger partial charge in [0, 0.05) is 10.0 Å². The molecule has 0 bridgehead atoms. The van der Waals surface area contributed by atoms with Crippen molar-refractivity contribution in [1.29, 1.82) is 0 Å². The van der Waals surface area contributed by atoms with E-state index >= 15 is 0 Å². The minimum atomic E-state index is 0.571. The predicted molar refractivity (Wildman–Crippen MR) is 74.2 cm³/mol. The summed E-state index contributed by atoms with van der Waals surface area (Å²) in [5.41, 5.74) is 2.08. The molecule has 96 valence electrons. The fourth-order valence-corrected chi connectivity index (χ4v) is 2.01. The number of benzene rings is 1. The van der Waals surface area contributed by atoms with Crippen LogP contribution in [0.1, 0.15) is 24.8 Å². The van der Waals surface area contributed by atoms with Crippen molar-refractivity contribution in [2.24, 2.45) is 0 Å². The number of nitrogens with zero attached hydrogens (tertiary/aromatic N) is 2. The highest BCUT2D eigenvalue weighted by molar-refractivity contribution is 9.10. The Balaban J connectivity index is 2.16. The fourth-order valence-electron chi connectivity index (χ4n) is 1.65. The minimum Gasteiger partial charge on any atom is -0.419 e. The maximum Gasteiger partial charge on any atom is 0.248 e. The molecule has 0 unspecified atom stereocenters. The molecule has 1 aromatic carbocycles. The van der Waals surface area contributed by atoms with E-state index in [1.54, 1.807) is 0 Å². The average Bonchev–Trinajstić information content (AvgIpc) is 2.82. The van der Waals surface area contributed by atoms with Crippen molar-refractivity contribution in [1.82, 2.24) is 15.5 Å². The number of nitrogens with one attached hydrogen (secondary N) is 1. The lowest BCUT2D eigenvalue weighted by molar-refractivity contribution is 0.477. The Hall–Kier alpha value is -1.20. The molecule has 0 fully saturated rings. The first-order chi connectivity index (χ1) is 8.72. The minimum absolute atomic E-state index is 0.571. The molecule has 18 heavy (non-hydrogen) atoms. The van der Waals surface area contributed by atoms with Gasteiger partial charge in [0.15, 0.2) is 0 Å². The van der Waals surface area contributed by atoms with Crippen LogP contribution < -0.4 is 5.32 Å². The van der Waals surface area contributed by atoms with E-state index in [2.05, 4.69) is 38.4 Å². The summed E-state index contributed by atoms with van der Waals surface area (Å²) in [6, 6.07) is 5.95. The van der Waals surface area contributed by atoms with Gasteiger partial charge in [-0.1, -0.05) is 28.9 Å². The van der Waals surface area contributed by atoms with Gasteiger partial charge in [-0.05, 0) is 37.6 Å². The second-order valence-corrected chi connectivity index (χ2v) is 4.94. The zero-order chi connectivity index (χ0) is 13.0. The van der Waals surface area contributed by atoms with Crippen LogP contribution in [0.4, 0.5) is 0 Å². The molecule has 0 aliphatic carbocycles. The van der Waals surface area contributed by atoms with E-state index in [0.717, 1.165) is 28.6 Å². The third-order valence-electron chi connectivity index (χ3n) is 2.67. The molecule has 5 heteroatoms. The number of aromatic nitrogens is 2. The van der Waals surface area contributed by atoms with Gasteiger partial charge in [0.25, 0.3) is 0 Å². The summed E-state index contributed by atoms with van der Waals surface area (Å²) < 4.78 is 6.69. The van der Waals surface area contributed by atoms with Gasteiger partial charge in [0.2, 0.25) is 11.8 Å². The van der Waals surface area contributed by atoms with Crippen LogP contribution in [0, 0.1) is 6.92 Å². The van der Waals surface area contributed by atoms with Gasteiger partial charge in [-0.3, -0.25) is 0 Å². The molecular formula is C13H16BrN3O. The van der Waals surface area contributed by atoms with E-state index < -0.39 is 0 Å². The number of rotatable bonds is 5. The molecule has 2 aromatic rings. The molecule has 0 atom stereocenters. The quantitative estimate of drug-likeness (QED) is 0.861. The van der Waals surface area contributed by atoms with Crippen molar-refractivity contribution >= 4 is 15.9 Å². The van der Waals surface area contributed by atoms with Crippen molar-refractivity contribution < 1.29 is 4.42 Å². The Morgan fingerprint density at radius 3 is 2.94 bits per heavy atom. The van der Waals surface area contributed by atoms with E-state index in [0.29, 0.717) is 18.3 Å². The summed E-state index contributed by atoms with van der Waals surface area (Å²) in [4.78, 5) is 0. The summed E-state index contributed by atoms with van der Waals surface area (Å²) in [5, 5.41) is 11.4. The topological polar surface area (TPSA) is 51.0 Å². The first kappa shape index (κ1) is 13.2. The second kappa shape index (κ2) is 6.11. The molecule has 1 aromatic heterocycles. The molecule has 4 nitrogen and oxygen atoms in total. The van der Waals surface area contributed by atoms with Crippen LogP contribution in [0.3, 0.4) is 0 Å². The zero-order valence-corrected chi connectivity index (χ0v) is 12.1. The summed E-state index contributed by atoms with van der Waals surface area (Å²) in [7, 11) is 0. The number of hydrogen-bond acceptors (Lipinski definition) is 4. The van der Waals surface area contributed by atoms with E-state index in [4.69, 9.17) is 4.42 Å². The van der Waals surface area contributed by atoms with Crippen molar-refractivity contribution in [3.05, 3.63) is 34.1 Å². The normalized spacial score (nSPS) is 10.8. The fraction of sp³-hybridized carbons (Fsp3) is 0.385.